The lowest BCUT2D eigenvalue weighted by Gasteiger charge is -2.12. The molecule has 0 heterocycles. The smallest absolute Gasteiger partial charge is 0.328 e. The molecule has 0 fully saturated rings. The van der Waals surface area contributed by atoms with Gasteiger partial charge in [0.15, 0.2) is 5.96 Å². The van der Waals surface area contributed by atoms with Gasteiger partial charge in [-0.15, -0.1) is 10.1 Å². The third kappa shape index (κ3) is 7.62. The molecule has 0 aliphatic carbocycles. The topological polar surface area (TPSA) is 167 Å². The van der Waals surface area contributed by atoms with Crippen molar-refractivity contribution in [1.82, 2.24) is 5.32 Å². The SMILES string of the molecule is N=C(N)NCCCC(N)C(=O)Oc1cccc(CO[N+](=O)[O-])c1. The summed E-state index contributed by atoms with van der Waals surface area (Å²) in [5.41, 5.74) is 11.3. The van der Waals surface area contributed by atoms with Gasteiger partial charge in [-0.05, 0) is 30.5 Å². The maximum Gasteiger partial charge on any atom is 0.328 e. The molecular weight excluding hydrogens is 306 g/mol. The molecule has 1 rings (SSSR count). The molecule has 10 nitrogen and oxygen atoms in total. The van der Waals surface area contributed by atoms with Crippen molar-refractivity contribution in [3.8, 4) is 5.75 Å². The molecule has 1 aromatic rings. The molecule has 0 saturated heterocycles. The van der Waals surface area contributed by atoms with E-state index in [2.05, 4.69) is 10.2 Å². The van der Waals surface area contributed by atoms with Gasteiger partial charge in [0.1, 0.15) is 18.4 Å². The van der Waals surface area contributed by atoms with Crippen molar-refractivity contribution in [2.75, 3.05) is 6.54 Å². The Hall–Kier alpha value is -2.88. The second-order valence-corrected chi connectivity index (χ2v) is 4.65. The van der Waals surface area contributed by atoms with E-state index >= 15 is 0 Å². The Labute approximate surface area is 132 Å². The number of guanidine groups is 1. The molecule has 126 valence electrons. The molecule has 0 spiro atoms. The number of nitrogens with two attached hydrogens (primary N) is 2. The summed E-state index contributed by atoms with van der Waals surface area (Å²) < 4.78 is 5.13. The van der Waals surface area contributed by atoms with Crippen LogP contribution in [0.5, 0.6) is 5.75 Å². The van der Waals surface area contributed by atoms with E-state index in [-0.39, 0.29) is 18.3 Å². The number of benzene rings is 1. The van der Waals surface area contributed by atoms with Gasteiger partial charge in [0, 0.05) is 6.54 Å². The first-order valence-corrected chi connectivity index (χ1v) is 6.80. The van der Waals surface area contributed by atoms with Crippen LogP contribution in [-0.4, -0.2) is 29.6 Å². The van der Waals surface area contributed by atoms with Crippen LogP contribution in [0.4, 0.5) is 0 Å². The summed E-state index contributed by atoms with van der Waals surface area (Å²) in [6.07, 6.45) is 0.912. The van der Waals surface area contributed by atoms with Crippen molar-refractivity contribution < 1.29 is 19.5 Å². The monoisotopic (exact) mass is 325 g/mol. The van der Waals surface area contributed by atoms with Crippen molar-refractivity contribution >= 4 is 11.9 Å². The van der Waals surface area contributed by atoms with Crippen LogP contribution in [0.25, 0.3) is 0 Å². The number of rotatable bonds is 9. The average molecular weight is 325 g/mol. The Kier molecular flexibility index (Phi) is 7.27. The van der Waals surface area contributed by atoms with Gasteiger partial charge in [-0.25, -0.2) is 4.79 Å². The van der Waals surface area contributed by atoms with Gasteiger partial charge in [-0.1, -0.05) is 12.1 Å². The minimum Gasteiger partial charge on any atom is -0.425 e. The minimum atomic E-state index is -0.899. The largest absolute Gasteiger partial charge is 0.425 e. The highest BCUT2D eigenvalue weighted by atomic mass is 16.9. The summed E-state index contributed by atoms with van der Waals surface area (Å²) in [7, 11) is 0. The molecule has 0 radical (unpaired) electrons. The van der Waals surface area contributed by atoms with E-state index in [1.165, 1.54) is 12.1 Å². The first-order valence-electron chi connectivity index (χ1n) is 6.80. The van der Waals surface area contributed by atoms with Gasteiger partial charge < -0.3 is 26.4 Å². The van der Waals surface area contributed by atoms with Crippen LogP contribution in [0.15, 0.2) is 24.3 Å². The number of ether oxygens (including phenoxy) is 1. The van der Waals surface area contributed by atoms with E-state index in [0.717, 1.165) is 0 Å². The van der Waals surface area contributed by atoms with Crippen molar-refractivity contribution in [2.45, 2.75) is 25.5 Å². The fourth-order valence-electron chi connectivity index (χ4n) is 1.68. The van der Waals surface area contributed by atoms with E-state index < -0.39 is 17.1 Å². The highest BCUT2D eigenvalue weighted by molar-refractivity contribution is 5.78. The quantitative estimate of drug-likeness (QED) is 0.0927. The Morgan fingerprint density at radius 2 is 2.22 bits per heavy atom. The fraction of sp³-hybridized carbons (Fsp3) is 0.385. The van der Waals surface area contributed by atoms with Crippen molar-refractivity contribution in [1.29, 1.82) is 5.41 Å². The Morgan fingerprint density at radius 1 is 1.48 bits per heavy atom. The molecule has 1 aromatic carbocycles. The first-order chi connectivity index (χ1) is 10.9. The Morgan fingerprint density at radius 3 is 2.87 bits per heavy atom. The number of carbonyl (C=O) groups excluding carboxylic acids is 1. The third-order valence-electron chi connectivity index (χ3n) is 2.76. The predicted molar refractivity (Wildman–Crippen MR) is 81.0 cm³/mol. The average Bonchev–Trinajstić information content (AvgIpc) is 2.49. The summed E-state index contributed by atoms with van der Waals surface area (Å²) in [6.45, 7) is 0.200. The van der Waals surface area contributed by atoms with Gasteiger partial charge >= 0.3 is 5.97 Å². The van der Waals surface area contributed by atoms with E-state index in [9.17, 15) is 14.9 Å². The van der Waals surface area contributed by atoms with E-state index in [1.54, 1.807) is 12.1 Å². The van der Waals surface area contributed by atoms with Gasteiger partial charge in [-0.3, -0.25) is 5.41 Å². The minimum absolute atomic E-state index is 0.144. The molecule has 0 aliphatic heterocycles. The van der Waals surface area contributed by atoms with Gasteiger partial charge in [0.05, 0.1) is 0 Å². The van der Waals surface area contributed by atoms with Crippen molar-refractivity contribution in [3.63, 3.8) is 0 Å². The molecule has 10 heteroatoms. The highest BCUT2D eigenvalue weighted by Gasteiger charge is 2.15. The van der Waals surface area contributed by atoms with Crippen LogP contribution >= 0.6 is 0 Å². The number of nitrogens with one attached hydrogen (secondary N) is 2. The van der Waals surface area contributed by atoms with E-state index in [1.807, 2.05) is 0 Å². The third-order valence-corrected chi connectivity index (χ3v) is 2.76. The number of hydrogen-bond acceptors (Lipinski definition) is 7. The molecule has 0 saturated carbocycles. The standard InChI is InChI=1S/C13H19N5O5/c14-11(5-2-6-17-13(15)16)12(19)23-10-4-1-3-9(7-10)8-22-18(20)21/h1,3-4,7,11H,2,5-6,8,14H2,(H4,15,16,17). The second kappa shape index (κ2) is 9.20. The maximum atomic E-state index is 11.8. The molecule has 1 atom stereocenters. The lowest BCUT2D eigenvalue weighted by Crippen LogP contribution is -2.36. The number of hydrogen-bond donors (Lipinski definition) is 4. The first kappa shape index (κ1) is 18.2. The second-order valence-electron chi connectivity index (χ2n) is 4.65. The summed E-state index contributed by atoms with van der Waals surface area (Å²) in [4.78, 5) is 26.2. The van der Waals surface area contributed by atoms with Gasteiger partial charge in [0.2, 0.25) is 0 Å². The fourth-order valence-corrected chi connectivity index (χ4v) is 1.68. The molecule has 1 unspecified atom stereocenters. The van der Waals surface area contributed by atoms with Crippen LogP contribution in [-0.2, 0) is 16.2 Å². The van der Waals surface area contributed by atoms with Crippen LogP contribution in [0.1, 0.15) is 18.4 Å². The van der Waals surface area contributed by atoms with Crippen molar-refractivity contribution in [2.24, 2.45) is 11.5 Å². The molecule has 6 N–H and O–H groups in total. The predicted octanol–water partition coefficient (Wildman–Crippen LogP) is -0.109. The molecule has 0 aliphatic rings. The van der Waals surface area contributed by atoms with E-state index in [0.29, 0.717) is 24.9 Å². The van der Waals surface area contributed by atoms with Crippen LogP contribution in [0, 0.1) is 15.5 Å². The zero-order valence-corrected chi connectivity index (χ0v) is 12.4. The molecule has 0 amide bonds. The summed E-state index contributed by atoms with van der Waals surface area (Å²) in [5, 5.41) is 18.8. The summed E-state index contributed by atoms with van der Waals surface area (Å²) >= 11 is 0. The zero-order valence-electron chi connectivity index (χ0n) is 12.4. The van der Waals surface area contributed by atoms with Crippen molar-refractivity contribution in [3.05, 3.63) is 39.9 Å². The summed E-state index contributed by atoms with van der Waals surface area (Å²) in [6, 6.07) is 5.38. The molecule has 0 bridgehead atoms. The Bertz CT molecular complexity index is 565. The maximum absolute atomic E-state index is 11.8. The number of nitrogens with zero attached hydrogens (tertiary/aromatic N) is 1. The van der Waals surface area contributed by atoms with Crippen LogP contribution in [0.2, 0.25) is 0 Å². The van der Waals surface area contributed by atoms with Crippen LogP contribution in [0.3, 0.4) is 0 Å². The summed E-state index contributed by atoms with van der Waals surface area (Å²) in [5.74, 6) is -0.521. The molecule has 23 heavy (non-hydrogen) atoms. The van der Waals surface area contributed by atoms with Crippen LogP contribution < -0.4 is 21.5 Å². The zero-order chi connectivity index (χ0) is 17.2. The lowest BCUT2D eigenvalue weighted by molar-refractivity contribution is -0.763. The van der Waals surface area contributed by atoms with Gasteiger partial charge in [0.25, 0.3) is 5.09 Å². The molecule has 0 aromatic heterocycles. The molecular formula is C13H19N5O5. The van der Waals surface area contributed by atoms with E-state index in [4.69, 9.17) is 21.6 Å². The number of esters is 1. The van der Waals surface area contributed by atoms with Gasteiger partial charge in [-0.2, -0.15) is 0 Å². The number of carbonyl (C=O) groups is 1. The lowest BCUT2D eigenvalue weighted by atomic mass is 10.1. The Balaban J connectivity index is 2.44. The highest BCUT2D eigenvalue weighted by Crippen LogP contribution is 2.15. The normalized spacial score (nSPS) is 11.3.